The van der Waals surface area contributed by atoms with Crippen LogP contribution in [-0.2, 0) is 10.0 Å². The van der Waals surface area contributed by atoms with E-state index >= 15 is 0 Å². The molecule has 3 rings (SSSR count). The van der Waals surface area contributed by atoms with E-state index in [1.54, 1.807) is 12.1 Å². The van der Waals surface area contributed by atoms with E-state index in [9.17, 15) is 8.42 Å². The predicted octanol–water partition coefficient (Wildman–Crippen LogP) is 1.98. The van der Waals surface area contributed by atoms with Crippen LogP contribution in [0.15, 0.2) is 53.8 Å². The van der Waals surface area contributed by atoms with Crippen molar-refractivity contribution in [1.82, 2.24) is 13.9 Å². The van der Waals surface area contributed by atoms with E-state index in [4.69, 9.17) is 1.37 Å². The van der Waals surface area contributed by atoms with Gasteiger partial charge in [-0.2, -0.15) is 0 Å². The molecule has 0 unspecified atom stereocenters. The van der Waals surface area contributed by atoms with Crippen LogP contribution in [0.5, 0.6) is 0 Å². The molecule has 2 aromatic heterocycles. The van der Waals surface area contributed by atoms with E-state index in [0.717, 1.165) is 9.54 Å². The summed E-state index contributed by atoms with van der Waals surface area (Å²) in [4.78, 5) is 8.15. The standard InChI is InChI=1S/C13H11N3O2S/c1-10-2-4-11(5-3-10)19(17,18)16-9-6-12-13(16)15-8-7-14-12/h2-9H,1H3/i9D. The lowest BCUT2D eigenvalue weighted by molar-refractivity contribution is 0.588. The van der Waals surface area contributed by atoms with E-state index in [2.05, 4.69) is 9.97 Å². The summed E-state index contributed by atoms with van der Waals surface area (Å²) in [6.45, 7) is 1.88. The lowest BCUT2D eigenvalue weighted by atomic mass is 10.2. The quantitative estimate of drug-likeness (QED) is 0.716. The van der Waals surface area contributed by atoms with Crippen molar-refractivity contribution in [1.29, 1.82) is 0 Å². The number of fused-ring (bicyclic) bond motifs is 1. The largest absolute Gasteiger partial charge is 0.269 e. The number of nitrogens with zero attached hydrogens (tertiary/aromatic N) is 3. The molecular weight excluding hydrogens is 262 g/mol. The van der Waals surface area contributed by atoms with E-state index in [1.165, 1.54) is 30.6 Å². The molecule has 0 aliphatic carbocycles. The van der Waals surface area contributed by atoms with Crippen LogP contribution in [0.25, 0.3) is 11.2 Å². The van der Waals surface area contributed by atoms with E-state index in [0.29, 0.717) is 5.52 Å². The molecule has 0 atom stereocenters. The zero-order valence-electron chi connectivity index (χ0n) is 11.1. The number of hydrogen-bond acceptors (Lipinski definition) is 4. The second-order valence-corrected chi connectivity index (χ2v) is 5.91. The second kappa shape index (κ2) is 4.17. The van der Waals surface area contributed by atoms with Gasteiger partial charge in [0.25, 0.3) is 10.0 Å². The van der Waals surface area contributed by atoms with E-state index in [-0.39, 0.29) is 16.7 Å². The van der Waals surface area contributed by atoms with Crippen LogP contribution in [0.4, 0.5) is 0 Å². The topological polar surface area (TPSA) is 64.8 Å². The van der Waals surface area contributed by atoms with Crippen molar-refractivity contribution >= 4 is 21.2 Å². The molecule has 0 fully saturated rings. The van der Waals surface area contributed by atoms with Gasteiger partial charge in [-0.15, -0.1) is 0 Å². The maximum absolute atomic E-state index is 12.6. The molecule has 0 N–H and O–H groups in total. The predicted molar refractivity (Wildman–Crippen MR) is 71.3 cm³/mol. The van der Waals surface area contributed by atoms with Crippen LogP contribution in [0.2, 0.25) is 0 Å². The Balaban J connectivity index is 2.29. The molecule has 0 aliphatic rings. The van der Waals surface area contributed by atoms with Crippen LogP contribution < -0.4 is 0 Å². The Bertz CT molecular complexity index is 886. The van der Waals surface area contributed by atoms with Crippen molar-refractivity contribution in [2.75, 3.05) is 0 Å². The van der Waals surface area contributed by atoms with Gasteiger partial charge in [-0.3, -0.25) is 4.98 Å². The lowest BCUT2D eigenvalue weighted by Crippen LogP contribution is -2.12. The number of aromatic nitrogens is 3. The van der Waals surface area contributed by atoms with Crippen molar-refractivity contribution in [2.45, 2.75) is 11.8 Å². The molecule has 1 aromatic carbocycles. The van der Waals surface area contributed by atoms with Gasteiger partial charge in [0.05, 0.1) is 6.27 Å². The van der Waals surface area contributed by atoms with E-state index < -0.39 is 10.0 Å². The first kappa shape index (κ1) is 10.7. The third-order valence-electron chi connectivity index (χ3n) is 2.78. The highest BCUT2D eigenvalue weighted by molar-refractivity contribution is 7.90. The molecule has 0 amide bonds. The van der Waals surface area contributed by atoms with Crippen molar-refractivity contribution in [2.24, 2.45) is 0 Å². The third kappa shape index (κ3) is 1.90. The number of hydrogen-bond donors (Lipinski definition) is 0. The molecule has 0 radical (unpaired) electrons. The fourth-order valence-corrected chi connectivity index (χ4v) is 3.03. The second-order valence-electron chi connectivity index (χ2n) is 4.12. The first-order chi connectivity index (χ1) is 9.50. The van der Waals surface area contributed by atoms with Gasteiger partial charge in [0, 0.05) is 18.6 Å². The van der Waals surface area contributed by atoms with Gasteiger partial charge in [-0.1, -0.05) is 17.7 Å². The molecule has 0 spiro atoms. The molecule has 3 aromatic rings. The minimum Gasteiger partial charge on any atom is -0.251 e. The molecule has 6 heteroatoms. The highest BCUT2D eigenvalue weighted by Gasteiger charge is 2.19. The Morgan fingerprint density at radius 3 is 2.53 bits per heavy atom. The summed E-state index contributed by atoms with van der Waals surface area (Å²) in [6, 6.07) is 7.86. The average molecular weight is 274 g/mol. The van der Waals surface area contributed by atoms with Gasteiger partial charge in [-0.25, -0.2) is 17.4 Å². The van der Waals surface area contributed by atoms with Gasteiger partial charge >= 0.3 is 0 Å². The fourth-order valence-electron chi connectivity index (χ4n) is 1.78. The zero-order chi connectivity index (χ0) is 14.3. The van der Waals surface area contributed by atoms with Crippen molar-refractivity contribution in [3.63, 3.8) is 0 Å². The molecule has 0 saturated carbocycles. The molecule has 0 saturated heterocycles. The summed E-state index contributed by atoms with van der Waals surface area (Å²) in [5, 5.41) is 0. The first-order valence-electron chi connectivity index (χ1n) is 6.11. The number of benzene rings is 1. The summed E-state index contributed by atoms with van der Waals surface area (Å²) in [5.74, 6) is 0. The van der Waals surface area contributed by atoms with Crippen molar-refractivity contribution < 1.29 is 9.79 Å². The van der Waals surface area contributed by atoms with E-state index in [1.807, 2.05) is 6.92 Å². The third-order valence-corrected chi connectivity index (χ3v) is 4.40. The van der Waals surface area contributed by atoms with Crippen LogP contribution in [0.3, 0.4) is 0 Å². The molecule has 0 aliphatic heterocycles. The van der Waals surface area contributed by atoms with Gasteiger partial charge in [0.1, 0.15) is 5.52 Å². The Kier molecular flexibility index (Phi) is 2.34. The van der Waals surface area contributed by atoms with Gasteiger partial charge in [0.2, 0.25) is 0 Å². The minimum atomic E-state index is -3.84. The summed E-state index contributed by atoms with van der Waals surface area (Å²) >= 11 is 0. The first-order valence-corrected chi connectivity index (χ1v) is 7.05. The fraction of sp³-hybridized carbons (Fsp3) is 0.0769. The van der Waals surface area contributed by atoms with Crippen LogP contribution >= 0.6 is 0 Å². The van der Waals surface area contributed by atoms with Gasteiger partial charge in [-0.05, 0) is 25.1 Å². The smallest absolute Gasteiger partial charge is 0.251 e. The van der Waals surface area contributed by atoms with Crippen molar-refractivity contribution in [3.05, 3.63) is 54.5 Å². The maximum Gasteiger partial charge on any atom is 0.269 e. The zero-order valence-corrected chi connectivity index (χ0v) is 10.9. The molecule has 0 bridgehead atoms. The Morgan fingerprint density at radius 2 is 1.79 bits per heavy atom. The van der Waals surface area contributed by atoms with Crippen molar-refractivity contribution in [3.8, 4) is 0 Å². The Morgan fingerprint density at radius 1 is 1.11 bits per heavy atom. The SMILES string of the molecule is [2H]c1cc2nccnc2n1S(=O)(=O)c1ccc(C)cc1. The molecule has 5 nitrogen and oxygen atoms in total. The Hall–Kier alpha value is -2.21. The molecule has 2 heterocycles. The molecule has 96 valence electrons. The highest BCUT2D eigenvalue weighted by atomic mass is 32.2. The minimum absolute atomic E-state index is 0.125. The maximum atomic E-state index is 12.6. The number of rotatable bonds is 2. The summed E-state index contributed by atoms with van der Waals surface area (Å²) in [6.07, 6.45) is 2.71. The Labute approximate surface area is 112 Å². The average Bonchev–Trinajstić information content (AvgIpc) is 2.75. The van der Waals surface area contributed by atoms with Crippen LogP contribution in [0, 0.1) is 6.92 Å². The summed E-state index contributed by atoms with van der Waals surface area (Å²) < 4.78 is 34.0. The highest BCUT2D eigenvalue weighted by Crippen LogP contribution is 2.19. The monoisotopic (exact) mass is 274 g/mol. The van der Waals surface area contributed by atoms with Crippen LogP contribution in [0.1, 0.15) is 6.93 Å². The lowest BCUT2D eigenvalue weighted by Gasteiger charge is -2.06. The number of aryl methyl sites for hydroxylation is 1. The summed E-state index contributed by atoms with van der Waals surface area (Å²) in [7, 11) is -3.84. The normalized spacial score (nSPS) is 12.6. The van der Waals surface area contributed by atoms with Gasteiger partial charge < -0.3 is 0 Å². The van der Waals surface area contributed by atoms with Crippen LogP contribution in [-0.4, -0.2) is 22.4 Å². The molecular formula is C13H11N3O2S. The van der Waals surface area contributed by atoms with Gasteiger partial charge in [0.15, 0.2) is 5.65 Å². The molecule has 19 heavy (non-hydrogen) atoms. The summed E-state index contributed by atoms with van der Waals surface area (Å²) in [5.41, 5.74) is 1.51.